The first-order valence-corrected chi connectivity index (χ1v) is 9.68. The molecule has 152 valence electrons. The van der Waals surface area contributed by atoms with E-state index in [0.29, 0.717) is 27.7 Å². The van der Waals surface area contributed by atoms with E-state index in [0.717, 1.165) is 11.0 Å². The van der Waals surface area contributed by atoms with Gasteiger partial charge in [-0.1, -0.05) is 41.9 Å². The van der Waals surface area contributed by atoms with Crippen LogP contribution in [0.15, 0.2) is 66.7 Å². The number of rotatable bonds is 5. The number of hydrogen-bond acceptors (Lipinski definition) is 5. The van der Waals surface area contributed by atoms with E-state index in [9.17, 15) is 10.1 Å². The van der Waals surface area contributed by atoms with Crippen LogP contribution < -0.4 is 9.47 Å². The number of carbonyl (C=O) groups is 1. The molecule has 1 heterocycles. The lowest BCUT2D eigenvalue weighted by Crippen LogP contribution is -2.09. The third-order valence-corrected chi connectivity index (χ3v) is 4.89. The van der Waals surface area contributed by atoms with Gasteiger partial charge < -0.3 is 14.5 Å². The molecule has 0 saturated heterocycles. The molecule has 1 aromatic heterocycles. The second-order valence-electron chi connectivity index (χ2n) is 6.55. The Kier molecular flexibility index (Phi) is 5.69. The number of para-hydroxylation sites is 2. The van der Waals surface area contributed by atoms with E-state index in [2.05, 4.69) is 16.0 Å². The SMILES string of the molecule is COc1cc(/C=C(\C#N)c2nc3ccccc3[nH]2)ccc1OC(=O)c1ccccc1Cl. The van der Waals surface area contributed by atoms with Gasteiger partial charge in [0, 0.05) is 0 Å². The van der Waals surface area contributed by atoms with Gasteiger partial charge in [-0.2, -0.15) is 5.26 Å². The first-order chi connectivity index (χ1) is 15.1. The molecule has 0 aliphatic carbocycles. The van der Waals surface area contributed by atoms with Gasteiger partial charge in [-0.05, 0) is 48.0 Å². The Hall–Kier alpha value is -4.08. The molecule has 6 nitrogen and oxygen atoms in total. The molecule has 7 heteroatoms. The summed E-state index contributed by atoms with van der Waals surface area (Å²) in [6.07, 6.45) is 1.68. The molecule has 1 N–H and O–H groups in total. The van der Waals surface area contributed by atoms with Crippen molar-refractivity contribution in [3.63, 3.8) is 0 Å². The molecule has 0 saturated carbocycles. The number of nitriles is 1. The number of hydrogen-bond donors (Lipinski definition) is 1. The van der Waals surface area contributed by atoms with Gasteiger partial charge >= 0.3 is 5.97 Å². The summed E-state index contributed by atoms with van der Waals surface area (Å²) in [5, 5.41) is 9.93. The van der Waals surface area contributed by atoms with Crippen molar-refractivity contribution in [3.8, 4) is 17.6 Å². The first-order valence-electron chi connectivity index (χ1n) is 9.30. The molecular formula is C24H16ClN3O3. The molecule has 0 spiro atoms. The van der Waals surface area contributed by atoms with Gasteiger partial charge in [0.2, 0.25) is 0 Å². The van der Waals surface area contributed by atoms with Crippen LogP contribution in [0.5, 0.6) is 11.5 Å². The Balaban J connectivity index is 1.63. The minimum absolute atomic E-state index is 0.242. The van der Waals surface area contributed by atoms with E-state index < -0.39 is 5.97 Å². The van der Waals surface area contributed by atoms with Crippen molar-refractivity contribution < 1.29 is 14.3 Å². The zero-order chi connectivity index (χ0) is 21.8. The maximum atomic E-state index is 12.5. The Morgan fingerprint density at radius 1 is 1.10 bits per heavy atom. The molecule has 3 aromatic carbocycles. The summed E-state index contributed by atoms with van der Waals surface area (Å²) in [6.45, 7) is 0. The second-order valence-corrected chi connectivity index (χ2v) is 6.96. The zero-order valence-electron chi connectivity index (χ0n) is 16.4. The van der Waals surface area contributed by atoms with Crippen LogP contribution in [0.2, 0.25) is 5.02 Å². The van der Waals surface area contributed by atoms with Crippen LogP contribution in [-0.4, -0.2) is 23.0 Å². The number of esters is 1. The average Bonchev–Trinajstić information content (AvgIpc) is 3.22. The zero-order valence-corrected chi connectivity index (χ0v) is 17.2. The fourth-order valence-electron chi connectivity index (χ4n) is 3.04. The van der Waals surface area contributed by atoms with Crippen LogP contribution in [-0.2, 0) is 0 Å². The lowest BCUT2D eigenvalue weighted by atomic mass is 10.1. The van der Waals surface area contributed by atoms with Gasteiger partial charge in [-0.15, -0.1) is 0 Å². The molecule has 0 aliphatic heterocycles. The lowest BCUT2D eigenvalue weighted by Gasteiger charge is -2.10. The summed E-state index contributed by atoms with van der Waals surface area (Å²) < 4.78 is 10.8. The van der Waals surface area contributed by atoms with Gasteiger partial charge in [0.05, 0.1) is 34.3 Å². The average molecular weight is 430 g/mol. The number of allylic oxidation sites excluding steroid dienone is 1. The quantitative estimate of drug-likeness (QED) is 0.257. The van der Waals surface area contributed by atoms with Crippen LogP contribution in [0.25, 0.3) is 22.7 Å². The van der Waals surface area contributed by atoms with Crippen LogP contribution in [0, 0.1) is 11.3 Å². The fraction of sp³-hybridized carbons (Fsp3) is 0.0417. The number of fused-ring (bicyclic) bond motifs is 1. The number of carbonyl (C=O) groups excluding carboxylic acids is 1. The van der Waals surface area contributed by atoms with Gasteiger partial charge in [0.25, 0.3) is 0 Å². The van der Waals surface area contributed by atoms with E-state index in [4.69, 9.17) is 21.1 Å². The van der Waals surface area contributed by atoms with Gasteiger partial charge in [-0.3, -0.25) is 0 Å². The number of imidazole rings is 1. The number of nitrogens with one attached hydrogen (secondary N) is 1. The van der Waals surface area contributed by atoms with E-state index in [1.165, 1.54) is 7.11 Å². The molecule has 0 unspecified atom stereocenters. The highest BCUT2D eigenvalue weighted by molar-refractivity contribution is 6.33. The van der Waals surface area contributed by atoms with Gasteiger partial charge in [0.15, 0.2) is 11.5 Å². The maximum absolute atomic E-state index is 12.5. The van der Waals surface area contributed by atoms with Crippen molar-refractivity contribution in [1.82, 2.24) is 9.97 Å². The van der Waals surface area contributed by atoms with Crippen molar-refractivity contribution in [2.45, 2.75) is 0 Å². The number of halogens is 1. The molecule has 0 fully saturated rings. The summed E-state index contributed by atoms with van der Waals surface area (Å²) in [7, 11) is 1.47. The summed E-state index contributed by atoms with van der Waals surface area (Å²) in [5.41, 5.74) is 2.92. The number of nitrogens with zero attached hydrogens (tertiary/aromatic N) is 2. The summed E-state index contributed by atoms with van der Waals surface area (Å²) in [4.78, 5) is 20.1. The molecule has 0 atom stereocenters. The van der Waals surface area contributed by atoms with Crippen LogP contribution >= 0.6 is 11.6 Å². The van der Waals surface area contributed by atoms with Crippen LogP contribution in [0.4, 0.5) is 0 Å². The first kappa shape index (κ1) is 20.2. The maximum Gasteiger partial charge on any atom is 0.345 e. The standard InChI is InChI=1S/C24H16ClN3O3/c1-30-22-13-15(10-11-21(22)31-24(29)17-6-2-3-7-18(17)25)12-16(14-26)23-27-19-8-4-5-9-20(19)28-23/h2-13H,1H3,(H,27,28)/b16-12+. The predicted octanol–water partition coefficient (Wildman–Crippen LogP) is 5.51. The van der Waals surface area contributed by atoms with Crippen molar-refractivity contribution in [2.75, 3.05) is 7.11 Å². The fourth-order valence-corrected chi connectivity index (χ4v) is 3.25. The van der Waals surface area contributed by atoms with Crippen molar-refractivity contribution in [1.29, 1.82) is 5.26 Å². The highest BCUT2D eigenvalue weighted by Gasteiger charge is 2.16. The summed E-state index contributed by atoms with van der Waals surface area (Å²) >= 11 is 6.07. The Bertz CT molecular complexity index is 1320. The largest absolute Gasteiger partial charge is 0.493 e. The number of H-pyrrole nitrogens is 1. The smallest absolute Gasteiger partial charge is 0.345 e. The molecule has 0 bridgehead atoms. The third kappa shape index (κ3) is 4.27. The summed E-state index contributed by atoms with van der Waals surface area (Å²) in [5.74, 6) is 0.465. The van der Waals surface area contributed by atoms with Crippen molar-refractivity contribution in [3.05, 3.63) is 88.7 Å². The van der Waals surface area contributed by atoms with E-state index in [1.807, 2.05) is 24.3 Å². The predicted molar refractivity (Wildman–Crippen MR) is 119 cm³/mol. The number of methoxy groups -OCH3 is 1. The highest BCUT2D eigenvalue weighted by Crippen LogP contribution is 2.31. The number of aromatic amines is 1. The highest BCUT2D eigenvalue weighted by atomic mass is 35.5. The van der Waals surface area contributed by atoms with Crippen molar-refractivity contribution in [2.24, 2.45) is 0 Å². The van der Waals surface area contributed by atoms with E-state index in [-0.39, 0.29) is 11.3 Å². The minimum atomic E-state index is -0.591. The molecule has 0 radical (unpaired) electrons. The number of ether oxygens (including phenoxy) is 2. The normalized spacial score (nSPS) is 11.2. The Morgan fingerprint density at radius 3 is 2.61 bits per heavy atom. The second kappa shape index (κ2) is 8.74. The third-order valence-electron chi connectivity index (χ3n) is 4.56. The molecular weight excluding hydrogens is 414 g/mol. The Labute approximate surface area is 183 Å². The molecule has 0 amide bonds. The summed E-state index contributed by atoms with van der Waals surface area (Å²) in [6, 6.07) is 21.3. The molecule has 0 aliphatic rings. The number of benzene rings is 3. The van der Waals surface area contributed by atoms with Gasteiger partial charge in [-0.25, -0.2) is 9.78 Å². The monoisotopic (exact) mass is 429 g/mol. The lowest BCUT2D eigenvalue weighted by molar-refractivity contribution is 0.0730. The molecule has 4 rings (SSSR count). The van der Waals surface area contributed by atoms with E-state index in [1.54, 1.807) is 48.5 Å². The van der Waals surface area contributed by atoms with Crippen LogP contribution in [0.1, 0.15) is 21.7 Å². The van der Waals surface area contributed by atoms with Crippen molar-refractivity contribution >= 4 is 40.3 Å². The minimum Gasteiger partial charge on any atom is -0.493 e. The Morgan fingerprint density at radius 2 is 1.87 bits per heavy atom. The molecule has 4 aromatic rings. The number of aromatic nitrogens is 2. The van der Waals surface area contributed by atoms with E-state index >= 15 is 0 Å². The van der Waals surface area contributed by atoms with Crippen LogP contribution in [0.3, 0.4) is 0 Å². The molecule has 31 heavy (non-hydrogen) atoms. The topological polar surface area (TPSA) is 88.0 Å². The van der Waals surface area contributed by atoms with Gasteiger partial charge in [0.1, 0.15) is 11.9 Å².